The number of carbonyl (C=O) groups excluding carboxylic acids is 2. The number of hydrogen-bond acceptors (Lipinski definition) is 5. The van der Waals surface area contributed by atoms with Gasteiger partial charge in [-0.1, -0.05) is 44.2 Å². The van der Waals surface area contributed by atoms with Gasteiger partial charge in [0.25, 0.3) is 0 Å². The first-order valence-electron chi connectivity index (χ1n) is 10.3. The van der Waals surface area contributed by atoms with Gasteiger partial charge in [0.05, 0.1) is 11.8 Å². The Morgan fingerprint density at radius 1 is 1.21 bits per heavy atom. The molecule has 3 atom stereocenters. The molecule has 0 heterocycles. The van der Waals surface area contributed by atoms with Gasteiger partial charge in [0.2, 0.25) is 0 Å². The molecular weight excluding hydrogens is 356 g/mol. The van der Waals surface area contributed by atoms with E-state index in [0.717, 1.165) is 24.8 Å². The van der Waals surface area contributed by atoms with E-state index >= 15 is 0 Å². The molecule has 0 spiro atoms. The third kappa shape index (κ3) is 4.93. The second-order valence-electron chi connectivity index (χ2n) is 8.22. The summed E-state index contributed by atoms with van der Waals surface area (Å²) in [7, 11) is 1.66. The van der Waals surface area contributed by atoms with E-state index in [9.17, 15) is 9.59 Å². The van der Waals surface area contributed by atoms with E-state index in [-0.39, 0.29) is 24.5 Å². The fraction of sp³-hybridized carbons (Fsp3) is 0.652. The van der Waals surface area contributed by atoms with Crippen LogP contribution in [0.3, 0.4) is 0 Å². The maximum Gasteiger partial charge on any atom is 0.311 e. The van der Waals surface area contributed by atoms with E-state index in [1.165, 1.54) is 0 Å². The predicted octanol–water partition coefficient (Wildman–Crippen LogP) is 4.77. The largest absolute Gasteiger partial charge is 0.461 e. The van der Waals surface area contributed by atoms with Gasteiger partial charge in [0, 0.05) is 7.11 Å². The van der Waals surface area contributed by atoms with E-state index in [1.807, 2.05) is 58.0 Å². The highest BCUT2D eigenvalue weighted by Crippen LogP contribution is 2.44. The highest BCUT2D eigenvalue weighted by molar-refractivity contribution is 5.77. The molecule has 1 aliphatic carbocycles. The quantitative estimate of drug-likeness (QED) is 0.568. The average molecular weight is 391 g/mol. The summed E-state index contributed by atoms with van der Waals surface area (Å²) in [5, 5.41) is 0. The molecule has 2 rings (SSSR count). The molecule has 0 aromatic heterocycles. The summed E-state index contributed by atoms with van der Waals surface area (Å²) in [6, 6.07) is 9.79. The minimum absolute atomic E-state index is 0.0487. The fourth-order valence-corrected chi connectivity index (χ4v) is 3.63. The molecule has 0 N–H and O–H groups in total. The van der Waals surface area contributed by atoms with Crippen LogP contribution in [0.5, 0.6) is 0 Å². The Labute approximate surface area is 168 Å². The Hall–Kier alpha value is -1.88. The van der Waals surface area contributed by atoms with Crippen molar-refractivity contribution in [2.45, 2.75) is 84.0 Å². The standard InChI is InChI=1S/C23H34O5/c1-6-18(27-21(25)22(3,4)7-2)16-20(24)28-23(15-11-14-19(23)26-5)17-12-9-8-10-13-17/h8-10,12-13,18-19H,6-7,11,14-16H2,1-5H3. The van der Waals surface area contributed by atoms with Crippen LogP contribution < -0.4 is 0 Å². The van der Waals surface area contributed by atoms with Gasteiger partial charge in [-0.25, -0.2) is 0 Å². The molecule has 0 aliphatic heterocycles. The number of hydrogen-bond donors (Lipinski definition) is 0. The third-order valence-electron chi connectivity index (χ3n) is 5.94. The molecule has 0 bridgehead atoms. The second-order valence-corrected chi connectivity index (χ2v) is 8.22. The topological polar surface area (TPSA) is 61.8 Å². The molecule has 5 nitrogen and oxygen atoms in total. The molecule has 1 aromatic rings. The Morgan fingerprint density at radius 2 is 1.89 bits per heavy atom. The molecule has 28 heavy (non-hydrogen) atoms. The summed E-state index contributed by atoms with van der Waals surface area (Å²) in [6.07, 6.45) is 3.12. The first-order chi connectivity index (χ1) is 13.3. The van der Waals surface area contributed by atoms with Crippen LogP contribution in [-0.4, -0.2) is 31.3 Å². The normalized spacial score (nSPS) is 23.2. The highest BCUT2D eigenvalue weighted by atomic mass is 16.6. The van der Waals surface area contributed by atoms with Crippen LogP contribution in [0.15, 0.2) is 30.3 Å². The maximum absolute atomic E-state index is 12.8. The summed E-state index contributed by atoms with van der Waals surface area (Å²) >= 11 is 0. The first-order valence-corrected chi connectivity index (χ1v) is 10.3. The minimum Gasteiger partial charge on any atom is -0.461 e. The fourth-order valence-electron chi connectivity index (χ4n) is 3.63. The Bertz CT molecular complexity index is 654. The molecule has 1 fully saturated rings. The molecule has 1 aromatic carbocycles. The first kappa shape index (κ1) is 22.4. The molecular formula is C23H34O5. The summed E-state index contributed by atoms with van der Waals surface area (Å²) in [4.78, 5) is 25.2. The van der Waals surface area contributed by atoms with Gasteiger partial charge >= 0.3 is 11.9 Å². The monoisotopic (exact) mass is 390 g/mol. The number of carbonyl (C=O) groups is 2. The van der Waals surface area contributed by atoms with Crippen LogP contribution in [0.2, 0.25) is 0 Å². The van der Waals surface area contributed by atoms with Crippen LogP contribution in [0.1, 0.15) is 71.8 Å². The van der Waals surface area contributed by atoms with Crippen molar-refractivity contribution in [3.05, 3.63) is 35.9 Å². The molecule has 5 heteroatoms. The van der Waals surface area contributed by atoms with Gasteiger partial charge in [0.15, 0.2) is 5.60 Å². The van der Waals surface area contributed by atoms with Crippen molar-refractivity contribution in [3.8, 4) is 0 Å². The molecule has 156 valence electrons. The van der Waals surface area contributed by atoms with Crippen LogP contribution in [-0.2, 0) is 29.4 Å². The Kier molecular flexibility index (Phi) is 7.64. The SMILES string of the molecule is CCC(CC(=O)OC1(c2ccccc2)CCCC1OC)OC(=O)C(C)(C)CC. The van der Waals surface area contributed by atoms with Crippen molar-refractivity contribution < 1.29 is 23.8 Å². The third-order valence-corrected chi connectivity index (χ3v) is 5.94. The lowest BCUT2D eigenvalue weighted by molar-refractivity contribution is -0.179. The number of methoxy groups -OCH3 is 1. The lowest BCUT2D eigenvalue weighted by Crippen LogP contribution is -2.41. The van der Waals surface area contributed by atoms with Gasteiger partial charge in [-0.05, 0) is 51.5 Å². The number of rotatable bonds is 9. The lowest BCUT2D eigenvalue weighted by atomic mass is 9.89. The van der Waals surface area contributed by atoms with E-state index in [4.69, 9.17) is 14.2 Å². The van der Waals surface area contributed by atoms with Crippen LogP contribution >= 0.6 is 0 Å². The van der Waals surface area contributed by atoms with Gasteiger partial charge in [0.1, 0.15) is 12.2 Å². The van der Waals surface area contributed by atoms with Crippen molar-refractivity contribution in [2.75, 3.05) is 7.11 Å². The van der Waals surface area contributed by atoms with Crippen LogP contribution in [0.4, 0.5) is 0 Å². The summed E-state index contributed by atoms with van der Waals surface area (Å²) < 4.78 is 17.3. The smallest absolute Gasteiger partial charge is 0.311 e. The zero-order valence-electron chi connectivity index (χ0n) is 17.8. The summed E-state index contributed by atoms with van der Waals surface area (Å²) in [5.41, 5.74) is -0.391. The molecule has 1 aliphatic rings. The van der Waals surface area contributed by atoms with Crippen molar-refractivity contribution >= 4 is 11.9 Å². The van der Waals surface area contributed by atoms with E-state index in [1.54, 1.807) is 7.11 Å². The molecule has 0 amide bonds. The van der Waals surface area contributed by atoms with E-state index < -0.39 is 17.1 Å². The van der Waals surface area contributed by atoms with Gasteiger partial charge in [-0.3, -0.25) is 9.59 Å². The summed E-state index contributed by atoms with van der Waals surface area (Å²) in [5.74, 6) is -0.634. The van der Waals surface area contributed by atoms with Gasteiger partial charge in [-0.15, -0.1) is 0 Å². The molecule has 0 saturated heterocycles. The molecule has 1 saturated carbocycles. The van der Waals surface area contributed by atoms with E-state index in [2.05, 4.69) is 0 Å². The maximum atomic E-state index is 12.8. The summed E-state index contributed by atoms with van der Waals surface area (Å²) in [6.45, 7) is 7.56. The number of ether oxygens (including phenoxy) is 3. The van der Waals surface area contributed by atoms with Crippen LogP contribution in [0.25, 0.3) is 0 Å². The molecule has 0 radical (unpaired) electrons. The van der Waals surface area contributed by atoms with Crippen molar-refractivity contribution in [3.63, 3.8) is 0 Å². The van der Waals surface area contributed by atoms with Gasteiger partial charge < -0.3 is 14.2 Å². The van der Waals surface area contributed by atoms with Crippen molar-refractivity contribution in [1.29, 1.82) is 0 Å². The zero-order chi connectivity index (χ0) is 20.8. The highest BCUT2D eigenvalue weighted by Gasteiger charge is 2.48. The molecule has 3 unspecified atom stereocenters. The second kappa shape index (κ2) is 9.55. The van der Waals surface area contributed by atoms with Crippen molar-refractivity contribution in [1.82, 2.24) is 0 Å². The van der Waals surface area contributed by atoms with Crippen molar-refractivity contribution in [2.24, 2.45) is 5.41 Å². The average Bonchev–Trinajstić information content (AvgIpc) is 3.11. The van der Waals surface area contributed by atoms with Gasteiger partial charge in [-0.2, -0.15) is 0 Å². The number of esters is 2. The minimum atomic E-state index is -0.780. The Balaban J connectivity index is 2.12. The van der Waals surface area contributed by atoms with Crippen LogP contribution in [0, 0.1) is 5.41 Å². The number of benzene rings is 1. The Morgan fingerprint density at radius 3 is 2.46 bits per heavy atom. The lowest BCUT2D eigenvalue weighted by Gasteiger charge is -2.35. The predicted molar refractivity (Wildman–Crippen MR) is 108 cm³/mol. The van der Waals surface area contributed by atoms with E-state index in [0.29, 0.717) is 12.8 Å². The zero-order valence-corrected chi connectivity index (χ0v) is 17.8.